The summed E-state index contributed by atoms with van der Waals surface area (Å²) in [6, 6.07) is -0.425. The first-order valence-corrected chi connectivity index (χ1v) is 6.48. The third kappa shape index (κ3) is 10.5. The van der Waals surface area contributed by atoms with Gasteiger partial charge in [0, 0.05) is 26.6 Å². The molecule has 0 saturated carbocycles. The van der Waals surface area contributed by atoms with Gasteiger partial charge in [-0.2, -0.15) is 0 Å². The number of carbonyl (C=O) groups excluding carboxylic acids is 2. The molecule has 0 aliphatic heterocycles. The number of carbonyl (C=O) groups is 2. The molecule has 19 heavy (non-hydrogen) atoms. The predicted molar refractivity (Wildman–Crippen MR) is 72.8 cm³/mol. The first kappa shape index (κ1) is 17.9. The average Bonchev–Trinajstić information content (AvgIpc) is 2.27. The molecule has 0 radical (unpaired) electrons. The van der Waals surface area contributed by atoms with E-state index in [9.17, 15) is 9.59 Å². The Morgan fingerprint density at radius 1 is 1.21 bits per heavy atom. The molecule has 0 saturated heterocycles. The van der Waals surface area contributed by atoms with E-state index in [4.69, 9.17) is 9.47 Å². The van der Waals surface area contributed by atoms with Gasteiger partial charge in [-0.05, 0) is 27.7 Å². The van der Waals surface area contributed by atoms with Gasteiger partial charge in [-0.1, -0.05) is 0 Å². The highest BCUT2D eigenvalue weighted by Gasteiger charge is 2.21. The molecule has 0 fully saturated rings. The first-order valence-electron chi connectivity index (χ1n) is 6.48. The van der Waals surface area contributed by atoms with E-state index in [1.807, 2.05) is 20.8 Å². The monoisotopic (exact) mass is 274 g/mol. The standard InChI is InChI=1S/C13H26N2O4/c1-10(12(17)19-13(2,3)4)14-7-6-11(16)15-8-9-18-5/h10,14H,6-9H2,1-5H3,(H,15,16). The molecule has 1 amide bonds. The van der Waals surface area contributed by atoms with Crippen molar-refractivity contribution in [3.63, 3.8) is 0 Å². The lowest BCUT2D eigenvalue weighted by atomic mass is 10.2. The SMILES string of the molecule is COCCNC(=O)CCNC(C)C(=O)OC(C)(C)C. The van der Waals surface area contributed by atoms with Crippen LogP contribution in [0.1, 0.15) is 34.1 Å². The molecule has 0 heterocycles. The second kappa shape index (κ2) is 8.87. The summed E-state index contributed by atoms with van der Waals surface area (Å²) in [7, 11) is 1.58. The van der Waals surface area contributed by atoms with Gasteiger partial charge < -0.3 is 20.1 Å². The van der Waals surface area contributed by atoms with Gasteiger partial charge in [0.05, 0.1) is 6.61 Å². The molecule has 112 valence electrons. The predicted octanol–water partition coefficient (Wildman–Crippen LogP) is 0.459. The molecule has 6 nitrogen and oxygen atoms in total. The summed E-state index contributed by atoms with van der Waals surface area (Å²) in [4.78, 5) is 23.0. The maximum Gasteiger partial charge on any atom is 0.323 e. The van der Waals surface area contributed by atoms with E-state index in [1.165, 1.54) is 0 Å². The highest BCUT2D eigenvalue weighted by atomic mass is 16.6. The zero-order chi connectivity index (χ0) is 14.9. The van der Waals surface area contributed by atoms with Crippen molar-refractivity contribution in [2.45, 2.75) is 45.8 Å². The lowest BCUT2D eigenvalue weighted by Crippen LogP contribution is -2.40. The third-order valence-corrected chi connectivity index (χ3v) is 2.19. The van der Waals surface area contributed by atoms with Crippen LogP contribution in [0.5, 0.6) is 0 Å². The smallest absolute Gasteiger partial charge is 0.323 e. The second-order valence-corrected chi connectivity index (χ2v) is 5.30. The zero-order valence-corrected chi connectivity index (χ0v) is 12.5. The van der Waals surface area contributed by atoms with Crippen molar-refractivity contribution in [3.8, 4) is 0 Å². The third-order valence-electron chi connectivity index (χ3n) is 2.19. The van der Waals surface area contributed by atoms with Gasteiger partial charge >= 0.3 is 5.97 Å². The lowest BCUT2D eigenvalue weighted by Gasteiger charge is -2.22. The molecule has 1 unspecified atom stereocenters. The molecule has 0 aromatic carbocycles. The fourth-order valence-corrected chi connectivity index (χ4v) is 1.26. The Balaban J connectivity index is 3.76. The van der Waals surface area contributed by atoms with Crippen molar-refractivity contribution >= 4 is 11.9 Å². The van der Waals surface area contributed by atoms with Gasteiger partial charge in [0.2, 0.25) is 5.91 Å². The summed E-state index contributed by atoms with van der Waals surface area (Å²) >= 11 is 0. The van der Waals surface area contributed by atoms with Crippen LogP contribution in [0, 0.1) is 0 Å². The molecule has 0 spiro atoms. The van der Waals surface area contributed by atoms with Crippen molar-refractivity contribution in [1.29, 1.82) is 0 Å². The van der Waals surface area contributed by atoms with Crippen molar-refractivity contribution in [1.82, 2.24) is 10.6 Å². The Kier molecular flexibility index (Phi) is 8.34. The Hall–Kier alpha value is -1.14. The van der Waals surface area contributed by atoms with Crippen LogP contribution in [0.15, 0.2) is 0 Å². The molecule has 0 aromatic rings. The van der Waals surface area contributed by atoms with Crippen LogP contribution in [-0.4, -0.2) is 50.3 Å². The van der Waals surface area contributed by atoms with Crippen LogP contribution in [0.25, 0.3) is 0 Å². The highest BCUT2D eigenvalue weighted by Crippen LogP contribution is 2.08. The highest BCUT2D eigenvalue weighted by molar-refractivity contribution is 5.77. The lowest BCUT2D eigenvalue weighted by molar-refractivity contribution is -0.157. The van der Waals surface area contributed by atoms with E-state index in [0.29, 0.717) is 26.1 Å². The summed E-state index contributed by atoms with van der Waals surface area (Å²) in [6.07, 6.45) is 0.316. The van der Waals surface area contributed by atoms with Crippen LogP contribution in [0.4, 0.5) is 0 Å². The Morgan fingerprint density at radius 2 is 1.84 bits per heavy atom. The number of nitrogens with one attached hydrogen (secondary N) is 2. The van der Waals surface area contributed by atoms with Crippen molar-refractivity contribution in [3.05, 3.63) is 0 Å². The summed E-state index contributed by atoms with van der Waals surface area (Å²) in [6.45, 7) is 8.60. The molecule has 0 rings (SSSR count). The fourth-order valence-electron chi connectivity index (χ4n) is 1.26. The molecule has 0 bridgehead atoms. The number of hydrogen-bond acceptors (Lipinski definition) is 5. The number of methoxy groups -OCH3 is 1. The van der Waals surface area contributed by atoms with Gasteiger partial charge in [-0.25, -0.2) is 0 Å². The normalized spacial score (nSPS) is 12.9. The second-order valence-electron chi connectivity index (χ2n) is 5.30. The molecular weight excluding hydrogens is 248 g/mol. The maximum absolute atomic E-state index is 11.6. The zero-order valence-electron chi connectivity index (χ0n) is 12.5. The van der Waals surface area contributed by atoms with E-state index in [0.717, 1.165) is 0 Å². The molecule has 6 heteroatoms. The van der Waals surface area contributed by atoms with E-state index in [1.54, 1.807) is 14.0 Å². The summed E-state index contributed by atoms with van der Waals surface area (Å²) in [5.74, 6) is -0.381. The van der Waals surface area contributed by atoms with Gasteiger partial charge in [-0.3, -0.25) is 9.59 Å². The van der Waals surface area contributed by atoms with Gasteiger partial charge in [-0.15, -0.1) is 0 Å². The van der Waals surface area contributed by atoms with Crippen molar-refractivity contribution in [2.24, 2.45) is 0 Å². The molecule has 0 aliphatic carbocycles. The largest absolute Gasteiger partial charge is 0.459 e. The molecule has 2 N–H and O–H groups in total. The Labute approximate surface area is 115 Å². The van der Waals surface area contributed by atoms with E-state index in [-0.39, 0.29) is 11.9 Å². The van der Waals surface area contributed by atoms with Gasteiger partial charge in [0.15, 0.2) is 0 Å². The van der Waals surface area contributed by atoms with E-state index >= 15 is 0 Å². The Morgan fingerprint density at radius 3 is 2.37 bits per heavy atom. The number of rotatable bonds is 8. The molecular formula is C13H26N2O4. The number of esters is 1. The first-order chi connectivity index (χ1) is 8.76. The van der Waals surface area contributed by atoms with Crippen LogP contribution in [0.3, 0.4) is 0 Å². The number of hydrogen-bond donors (Lipinski definition) is 2. The van der Waals surface area contributed by atoms with Crippen molar-refractivity contribution < 1.29 is 19.1 Å². The van der Waals surface area contributed by atoms with Crippen LogP contribution < -0.4 is 10.6 Å². The maximum atomic E-state index is 11.6. The summed E-state index contributed by atoms with van der Waals surface area (Å²) in [5.41, 5.74) is -0.495. The molecule has 0 aromatic heterocycles. The van der Waals surface area contributed by atoms with Crippen LogP contribution in [-0.2, 0) is 19.1 Å². The minimum atomic E-state index is -0.495. The van der Waals surface area contributed by atoms with Gasteiger partial charge in [0.25, 0.3) is 0 Å². The topological polar surface area (TPSA) is 76.7 Å². The van der Waals surface area contributed by atoms with E-state index < -0.39 is 11.6 Å². The number of amides is 1. The molecule has 1 atom stereocenters. The average molecular weight is 274 g/mol. The van der Waals surface area contributed by atoms with E-state index in [2.05, 4.69) is 10.6 Å². The van der Waals surface area contributed by atoms with Crippen LogP contribution >= 0.6 is 0 Å². The minimum Gasteiger partial charge on any atom is -0.459 e. The number of ether oxygens (including phenoxy) is 2. The minimum absolute atomic E-state index is 0.0686. The summed E-state index contributed by atoms with van der Waals surface area (Å²) < 4.78 is 10.0. The van der Waals surface area contributed by atoms with Crippen molar-refractivity contribution in [2.75, 3.05) is 26.8 Å². The quantitative estimate of drug-likeness (QED) is 0.497. The van der Waals surface area contributed by atoms with Gasteiger partial charge in [0.1, 0.15) is 11.6 Å². The fraction of sp³-hybridized carbons (Fsp3) is 0.846. The van der Waals surface area contributed by atoms with Crippen LogP contribution in [0.2, 0.25) is 0 Å². The summed E-state index contributed by atoms with van der Waals surface area (Å²) in [5, 5.41) is 5.66. The Bertz CT molecular complexity index is 287. The molecule has 0 aliphatic rings.